The van der Waals surface area contributed by atoms with Gasteiger partial charge in [-0.1, -0.05) is 68.2 Å². The summed E-state index contributed by atoms with van der Waals surface area (Å²) in [6.07, 6.45) is 6.93. The van der Waals surface area contributed by atoms with E-state index in [4.69, 9.17) is 0 Å². The highest BCUT2D eigenvalue weighted by Gasteiger charge is 2.09. The standard InChI is InChI=1S/C11H24.2CH4/c1-5-10(6-2)9-11(7-3)8-4;;/h10-11H,5-9H2,1-4H3;2*1H4. The van der Waals surface area contributed by atoms with Crippen LogP contribution in [0.1, 0.15) is 74.7 Å². The molecule has 0 amide bonds. The summed E-state index contributed by atoms with van der Waals surface area (Å²) in [6.45, 7) is 9.26. The van der Waals surface area contributed by atoms with Crippen LogP contribution in [0.4, 0.5) is 0 Å². The van der Waals surface area contributed by atoms with Gasteiger partial charge >= 0.3 is 0 Å². The third kappa shape index (κ3) is 8.33. The van der Waals surface area contributed by atoms with Crippen molar-refractivity contribution in [3.8, 4) is 0 Å². The lowest BCUT2D eigenvalue weighted by Crippen LogP contribution is -2.05. The van der Waals surface area contributed by atoms with Gasteiger partial charge in [0, 0.05) is 0 Å². The number of rotatable bonds is 6. The average molecular weight is 188 g/mol. The molecule has 0 unspecified atom stereocenters. The second-order valence-electron chi connectivity index (χ2n) is 3.60. The van der Waals surface area contributed by atoms with Crippen LogP contribution in [0.5, 0.6) is 0 Å². The Labute approximate surface area is 87.1 Å². The minimum Gasteiger partial charge on any atom is -0.0776 e. The molecular weight excluding hydrogens is 156 g/mol. The zero-order valence-corrected chi connectivity index (χ0v) is 8.69. The Morgan fingerprint density at radius 3 is 1.00 bits per heavy atom. The Hall–Kier alpha value is 0. The first kappa shape index (κ1) is 18.7. The average Bonchev–Trinajstić information content (AvgIpc) is 2.07. The Balaban J connectivity index is -0.000000500. The molecule has 0 aliphatic carbocycles. The maximum atomic E-state index is 2.32. The van der Waals surface area contributed by atoms with E-state index in [0.29, 0.717) is 0 Å². The normalized spacial score (nSPS) is 9.69. The van der Waals surface area contributed by atoms with Gasteiger partial charge in [-0.3, -0.25) is 0 Å². The molecule has 0 aromatic rings. The predicted molar refractivity (Wildman–Crippen MR) is 66.2 cm³/mol. The van der Waals surface area contributed by atoms with Gasteiger partial charge in [0.1, 0.15) is 0 Å². The van der Waals surface area contributed by atoms with Crippen LogP contribution in [0.15, 0.2) is 0 Å². The second kappa shape index (κ2) is 12.0. The van der Waals surface area contributed by atoms with Crippen molar-refractivity contribution in [2.75, 3.05) is 0 Å². The smallest absolute Gasteiger partial charge is 0.0417 e. The molecule has 0 fully saturated rings. The number of hydrogen-bond acceptors (Lipinski definition) is 0. The predicted octanol–water partition coefficient (Wildman–Crippen LogP) is 5.52. The van der Waals surface area contributed by atoms with E-state index in [2.05, 4.69) is 27.7 Å². The fourth-order valence-corrected chi connectivity index (χ4v) is 1.72. The summed E-state index contributed by atoms with van der Waals surface area (Å²) in [5.41, 5.74) is 0. The van der Waals surface area contributed by atoms with Crippen LogP contribution in [0, 0.1) is 11.8 Å². The van der Waals surface area contributed by atoms with Gasteiger partial charge in [0.05, 0.1) is 0 Å². The molecular formula is C13H32. The Bertz CT molecular complexity index is 58.1. The highest BCUT2D eigenvalue weighted by molar-refractivity contribution is 4.61. The molecule has 0 N–H and O–H groups in total. The highest BCUT2D eigenvalue weighted by atomic mass is 14.2. The van der Waals surface area contributed by atoms with Crippen molar-refractivity contribution in [1.29, 1.82) is 0 Å². The first-order valence-corrected chi connectivity index (χ1v) is 5.28. The van der Waals surface area contributed by atoms with Crippen LogP contribution >= 0.6 is 0 Å². The summed E-state index contributed by atoms with van der Waals surface area (Å²) in [4.78, 5) is 0. The van der Waals surface area contributed by atoms with Crippen molar-refractivity contribution < 1.29 is 0 Å². The van der Waals surface area contributed by atoms with E-state index in [1.807, 2.05) is 0 Å². The molecule has 0 rings (SSSR count). The van der Waals surface area contributed by atoms with E-state index in [1.165, 1.54) is 32.1 Å². The lowest BCUT2D eigenvalue weighted by Gasteiger charge is -2.18. The van der Waals surface area contributed by atoms with E-state index in [1.54, 1.807) is 0 Å². The molecule has 0 saturated heterocycles. The van der Waals surface area contributed by atoms with Gasteiger partial charge in [-0.15, -0.1) is 0 Å². The monoisotopic (exact) mass is 188 g/mol. The minimum atomic E-state index is 0. The summed E-state index contributed by atoms with van der Waals surface area (Å²) in [5.74, 6) is 1.97. The van der Waals surface area contributed by atoms with Crippen molar-refractivity contribution in [2.24, 2.45) is 11.8 Å². The molecule has 0 heterocycles. The van der Waals surface area contributed by atoms with E-state index >= 15 is 0 Å². The van der Waals surface area contributed by atoms with E-state index < -0.39 is 0 Å². The zero-order chi connectivity index (χ0) is 8.69. The molecule has 0 saturated carbocycles. The van der Waals surface area contributed by atoms with Crippen LogP contribution in [0.3, 0.4) is 0 Å². The summed E-state index contributed by atoms with van der Waals surface area (Å²) < 4.78 is 0. The molecule has 0 aromatic carbocycles. The fourth-order valence-electron chi connectivity index (χ4n) is 1.72. The van der Waals surface area contributed by atoms with Crippen molar-refractivity contribution in [3.63, 3.8) is 0 Å². The first-order valence-electron chi connectivity index (χ1n) is 5.28. The van der Waals surface area contributed by atoms with Crippen LogP contribution in [0.25, 0.3) is 0 Å². The third-order valence-corrected chi connectivity index (χ3v) is 2.98. The molecule has 0 bridgehead atoms. The maximum Gasteiger partial charge on any atom is -0.0417 e. The molecule has 0 spiro atoms. The van der Waals surface area contributed by atoms with Gasteiger partial charge in [0.15, 0.2) is 0 Å². The van der Waals surface area contributed by atoms with Crippen LogP contribution in [0.2, 0.25) is 0 Å². The molecule has 0 aliphatic heterocycles. The third-order valence-electron chi connectivity index (χ3n) is 2.98. The Morgan fingerprint density at radius 1 is 0.615 bits per heavy atom. The molecule has 0 radical (unpaired) electrons. The van der Waals surface area contributed by atoms with Gasteiger partial charge in [-0.25, -0.2) is 0 Å². The van der Waals surface area contributed by atoms with Crippen LogP contribution < -0.4 is 0 Å². The van der Waals surface area contributed by atoms with Gasteiger partial charge < -0.3 is 0 Å². The molecule has 0 nitrogen and oxygen atoms in total. The highest BCUT2D eigenvalue weighted by Crippen LogP contribution is 2.23. The molecule has 0 aliphatic rings. The zero-order valence-electron chi connectivity index (χ0n) is 8.69. The van der Waals surface area contributed by atoms with Crippen molar-refractivity contribution >= 4 is 0 Å². The maximum absolute atomic E-state index is 2.32. The van der Waals surface area contributed by atoms with Crippen molar-refractivity contribution in [2.45, 2.75) is 74.7 Å². The molecule has 0 atom stereocenters. The number of hydrogen-bond donors (Lipinski definition) is 0. The summed E-state index contributed by atoms with van der Waals surface area (Å²) >= 11 is 0. The largest absolute Gasteiger partial charge is 0.0776 e. The SMILES string of the molecule is C.C.CCC(CC)CC(CC)CC. The second-order valence-corrected chi connectivity index (χ2v) is 3.60. The minimum absolute atomic E-state index is 0. The van der Waals surface area contributed by atoms with Crippen LogP contribution in [-0.2, 0) is 0 Å². The van der Waals surface area contributed by atoms with Gasteiger partial charge in [0.2, 0.25) is 0 Å². The fraction of sp³-hybridized carbons (Fsp3) is 1.00. The summed E-state index contributed by atoms with van der Waals surface area (Å²) in [6, 6.07) is 0. The lowest BCUT2D eigenvalue weighted by atomic mass is 9.88. The van der Waals surface area contributed by atoms with Crippen molar-refractivity contribution in [1.82, 2.24) is 0 Å². The molecule has 84 valence electrons. The molecule has 0 aromatic heterocycles. The Kier molecular flexibility index (Phi) is 17.3. The van der Waals surface area contributed by atoms with Gasteiger partial charge in [-0.2, -0.15) is 0 Å². The molecule has 13 heavy (non-hydrogen) atoms. The topological polar surface area (TPSA) is 0 Å². The van der Waals surface area contributed by atoms with E-state index in [9.17, 15) is 0 Å². The van der Waals surface area contributed by atoms with Crippen molar-refractivity contribution in [3.05, 3.63) is 0 Å². The summed E-state index contributed by atoms with van der Waals surface area (Å²) in [5, 5.41) is 0. The van der Waals surface area contributed by atoms with Crippen LogP contribution in [-0.4, -0.2) is 0 Å². The van der Waals surface area contributed by atoms with Gasteiger partial charge in [-0.05, 0) is 18.3 Å². The van der Waals surface area contributed by atoms with E-state index in [-0.39, 0.29) is 14.9 Å². The van der Waals surface area contributed by atoms with Gasteiger partial charge in [0.25, 0.3) is 0 Å². The quantitative estimate of drug-likeness (QED) is 0.515. The summed E-state index contributed by atoms with van der Waals surface area (Å²) in [7, 11) is 0. The first-order chi connectivity index (χ1) is 5.28. The van der Waals surface area contributed by atoms with E-state index in [0.717, 1.165) is 11.8 Å². The lowest BCUT2D eigenvalue weighted by molar-refractivity contribution is 0.338. The molecule has 0 heteroatoms. The Morgan fingerprint density at radius 2 is 0.846 bits per heavy atom.